The SMILES string of the molecule is CC/C=[C](/C)[Sn]([CH3])([CH3])[CH3]. The summed E-state index contributed by atoms with van der Waals surface area (Å²) in [5.41, 5.74) is 0. The molecule has 0 aliphatic rings. The van der Waals surface area contributed by atoms with Crippen LogP contribution in [0.15, 0.2) is 9.67 Å². The normalized spacial score (nSPS) is 14.1. The molecule has 1 heteroatoms. The van der Waals surface area contributed by atoms with Crippen LogP contribution in [0, 0.1) is 0 Å². The molecule has 0 atom stereocenters. The Hall–Kier alpha value is 0.539. The molecule has 0 unspecified atom stereocenters. The third-order valence-corrected chi connectivity index (χ3v) is 9.03. The van der Waals surface area contributed by atoms with Crippen LogP contribution in [-0.4, -0.2) is 18.4 Å². The maximum atomic E-state index is 2.45. The van der Waals surface area contributed by atoms with Gasteiger partial charge >= 0.3 is 63.1 Å². The second-order valence-corrected chi connectivity index (χ2v) is 18.6. The molecule has 0 rings (SSSR count). The Labute approximate surface area is 63.2 Å². The molecule has 0 saturated heterocycles. The summed E-state index contributed by atoms with van der Waals surface area (Å²) in [5.74, 6) is 0. The van der Waals surface area contributed by atoms with Gasteiger partial charge in [-0.1, -0.05) is 0 Å². The van der Waals surface area contributed by atoms with Crippen LogP contribution in [0.5, 0.6) is 0 Å². The van der Waals surface area contributed by atoms with E-state index in [9.17, 15) is 0 Å². The van der Waals surface area contributed by atoms with Crippen LogP contribution in [0.4, 0.5) is 0 Å². The zero-order chi connectivity index (χ0) is 7.49. The van der Waals surface area contributed by atoms with Gasteiger partial charge in [-0.15, -0.1) is 0 Å². The van der Waals surface area contributed by atoms with Crippen molar-refractivity contribution in [2.45, 2.75) is 35.1 Å². The number of hydrogen-bond acceptors (Lipinski definition) is 0. The number of rotatable bonds is 2. The Morgan fingerprint density at radius 3 is 1.89 bits per heavy atom. The van der Waals surface area contributed by atoms with Crippen molar-refractivity contribution in [2.75, 3.05) is 0 Å². The Morgan fingerprint density at radius 1 is 1.33 bits per heavy atom. The van der Waals surface area contributed by atoms with Crippen molar-refractivity contribution in [2.24, 2.45) is 0 Å². The first kappa shape index (κ1) is 9.54. The molecule has 0 aliphatic carbocycles. The first-order chi connectivity index (χ1) is 3.98. The van der Waals surface area contributed by atoms with Gasteiger partial charge in [0.25, 0.3) is 0 Å². The standard InChI is InChI=1S/C5H9.3CH3.Sn/c1-3-5-4-2;;;;/h5H,3H2,1-2H3;3*1H3;. The van der Waals surface area contributed by atoms with E-state index >= 15 is 0 Å². The molecule has 0 spiro atoms. The van der Waals surface area contributed by atoms with E-state index in [2.05, 4.69) is 34.7 Å². The Balaban J connectivity index is 4.03. The third-order valence-electron chi connectivity index (χ3n) is 1.69. The van der Waals surface area contributed by atoms with Crippen molar-refractivity contribution >= 4 is 18.4 Å². The molecule has 0 bridgehead atoms. The monoisotopic (exact) mass is 234 g/mol. The van der Waals surface area contributed by atoms with Gasteiger partial charge in [-0.2, -0.15) is 0 Å². The molecule has 0 radical (unpaired) electrons. The molecule has 0 aliphatic heterocycles. The van der Waals surface area contributed by atoms with Crippen LogP contribution in [0.25, 0.3) is 0 Å². The molecule has 0 aromatic rings. The summed E-state index contributed by atoms with van der Waals surface area (Å²) in [5, 5.41) is 0. The van der Waals surface area contributed by atoms with Crippen molar-refractivity contribution in [3.05, 3.63) is 9.67 Å². The van der Waals surface area contributed by atoms with Gasteiger partial charge in [0.2, 0.25) is 0 Å². The fourth-order valence-corrected chi connectivity index (χ4v) is 2.94. The minimum atomic E-state index is -1.58. The van der Waals surface area contributed by atoms with E-state index in [1.54, 1.807) is 3.59 Å². The van der Waals surface area contributed by atoms with Crippen LogP contribution < -0.4 is 0 Å². The van der Waals surface area contributed by atoms with Crippen molar-refractivity contribution in [3.63, 3.8) is 0 Å². The molecule has 0 aromatic heterocycles. The third kappa shape index (κ3) is 4.01. The van der Waals surface area contributed by atoms with Crippen molar-refractivity contribution in [1.29, 1.82) is 0 Å². The molecule has 0 saturated carbocycles. The van der Waals surface area contributed by atoms with Crippen LogP contribution >= 0.6 is 0 Å². The predicted molar refractivity (Wildman–Crippen MR) is 47.4 cm³/mol. The van der Waals surface area contributed by atoms with E-state index in [4.69, 9.17) is 0 Å². The van der Waals surface area contributed by atoms with Crippen LogP contribution in [-0.2, 0) is 0 Å². The van der Waals surface area contributed by atoms with Crippen LogP contribution in [0.1, 0.15) is 20.3 Å². The van der Waals surface area contributed by atoms with Gasteiger partial charge < -0.3 is 0 Å². The van der Waals surface area contributed by atoms with Gasteiger partial charge in [0, 0.05) is 0 Å². The fourth-order valence-electron chi connectivity index (χ4n) is 0.612. The summed E-state index contributed by atoms with van der Waals surface area (Å²) in [7, 11) is 0. The van der Waals surface area contributed by atoms with E-state index in [0.717, 1.165) is 0 Å². The molecular weight excluding hydrogens is 215 g/mol. The van der Waals surface area contributed by atoms with Gasteiger partial charge in [-0.25, -0.2) is 0 Å². The van der Waals surface area contributed by atoms with E-state index in [0.29, 0.717) is 0 Å². The zero-order valence-electron chi connectivity index (χ0n) is 7.28. The molecule has 0 heterocycles. The Bertz CT molecular complexity index is 106. The molecule has 0 amide bonds. The molecule has 0 N–H and O–H groups in total. The Kier molecular flexibility index (Phi) is 3.86. The Morgan fingerprint density at radius 2 is 1.78 bits per heavy atom. The molecule has 54 valence electrons. The van der Waals surface area contributed by atoms with Gasteiger partial charge in [-0.3, -0.25) is 0 Å². The zero-order valence-corrected chi connectivity index (χ0v) is 10.1. The predicted octanol–water partition coefficient (Wildman–Crippen LogP) is 3.22. The van der Waals surface area contributed by atoms with E-state index in [-0.39, 0.29) is 0 Å². The minimum absolute atomic E-state index is 1.21. The van der Waals surface area contributed by atoms with Gasteiger partial charge in [0.05, 0.1) is 0 Å². The van der Waals surface area contributed by atoms with Crippen LogP contribution in [0.3, 0.4) is 0 Å². The topological polar surface area (TPSA) is 0 Å². The van der Waals surface area contributed by atoms with E-state index in [1.165, 1.54) is 6.42 Å². The van der Waals surface area contributed by atoms with Gasteiger partial charge in [-0.05, 0) is 0 Å². The molecular formula is C8H18Sn. The number of allylic oxidation sites excluding steroid dienone is 2. The second kappa shape index (κ2) is 3.64. The summed E-state index contributed by atoms with van der Waals surface area (Å²) in [6, 6.07) is 0. The molecule has 9 heavy (non-hydrogen) atoms. The first-order valence-electron chi connectivity index (χ1n) is 3.65. The average Bonchev–Trinajstić information content (AvgIpc) is 1.64. The van der Waals surface area contributed by atoms with Crippen molar-refractivity contribution in [3.8, 4) is 0 Å². The van der Waals surface area contributed by atoms with Crippen molar-refractivity contribution < 1.29 is 0 Å². The summed E-state index contributed by atoms with van der Waals surface area (Å²) in [6.07, 6.45) is 3.59. The molecule has 0 fully saturated rings. The summed E-state index contributed by atoms with van der Waals surface area (Å²) in [4.78, 5) is 7.36. The van der Waals surface area contributed by atoms with Crippen molar-refractivity contribution in [1.82, 2.24) is 0 Å². The van der Waals surface area contributed by atoms with E-state index < -0.39 is 18.4 Å². The molecule has 0 nitrogen and oxygen atoms in total. The first-order valence-corrected chi connectivity index (χ1v) is 13.6. The summed E-state index contributed by atoms with van der Waals surface area (Å²) < 4.78 is 1.70. The fraction of sp³-hybridized carbons (Fsp3) is 0.750. The summed E-state index contributed by atoms with van der Waals surface area (Å²) in [6.45, 7) is 4.50. The van der Waals surface area contributed by atoms with E-state index in [1.807, 2.05) is 0 Å². The van der Waals surface area contributed by atoms with Gasteiger partial charge in [0.1, 0.15) is 0 Å². The number of hydrogen-bond donors (Lipinski definition) is 0. The second-order valence-electron chi connectivity index (χ2n) is 3.55. The average molecular weight is 233 g/mol. The van der Waals surface area contributed by atoms with Crippen LogP contribution in [0.2, 0.25) is 14.8 Å². The maximum absolute atomic E-state index is 2.45. The summed E-state index contributed by atoms with van der Waals surface area (Å²) >= 11 is -1.58. The van der Waals surface area contributed by atoms with Gasteiger partial charge in [0.15, 0.2) is 0 Å². The molecule has 0 aromatic carbocycles. The quantitative estimate of drug-likeness (QED) is 0.642.